The van der Waals surface area contributed by atoms with E-state index in [2.05, 4.69) is 10.3 Å². The zero-order valence-electron chi connectivity index (χ0n) is 13.2. The topological polar surface area (TPSA) is 45.2 Å². The van der Waals surface area contributed by atoms with E-state index < -0.39 is 23.9 Å². The van der Waals surface area contributed by atoms with Crippen LogP contribution in [-0.2, 0) is 11.3 Å². The molecule has 1 aromatic carbocycles. The molecule has 2 atom stereocenters. The Morgan fingerprint density at radius 2 is 2.04 bits per heavy atom. The molecule has 1 N–H and O–H groups in total. The predicted octanol–water partition coefficient (Wildman–Crippen LogP) is 2.59. The summed E-state index contributed by atoms with van der Waals surface area (Å²) >= 11 is 0. The number of hydrogen-bond acceptors (Lipinski definition) is 3. The molecule has 1 aromatic heterocycles. The minimum absolute atomic E-state index is 0.115. The lowest BCUT2D eigenvalue weighted by Gasteiger charge is -2.20. The molecule has 1 aliphatic rings. The van der Waals surface area contributed by atoms with Gasteiger partial charge in [-0.15, -0.1) is 0 Å². The third kappa shape index (κ3) is 3.36. The highest BCUT2D eigenvalue weighted by Crippen LogP contribution is 2.37. The number of amides is 1. The fourth-order valence-corrected chi connectivity index (χ4v) is 3.22. The number of fused-ring (bicyclic) bond motifs is 1. The number of aromatic nitrogens is 1. The van der Waals surface area contributed by atoms with Crippen LogP contribution >= 0.6 is 0 Å². The zero-order chi connectivity index (χ0) is 17.3. The summed E-state index contributed by atoms with van der Waals surface area (Å²) in [7, 11) is 1.60. The Labute approximate surface area is 137 Å². The van der Waals surface area contributed by atoms with Crippen LogP contribution in [0.15, 0.2) is 36.5 Å². The Morgan fingerprint density at radius 3 is 2.79 bits per heavy atom. The van der Waals surface area contributed by atoms with E-state index in [-0.39, 0.29) is 19.6 Å². The molecule has 0 unspecified atom stereocenters. The highest BCUT2D eigenvalue weighted by atomic mass is 19.4. The molecule has 7 heteroatoms. The second-order valence-electron chi connectivity index (χ2n) is 6.19. The first kappa shape index (κ1) is 16.7. The van der Waals surface area contributed by atoms with Gasteiger partial charge in [-0.05, 0) is 18.7 Å². The van der Waals surface area contributed by atoms with Gasteiger partial charge in [0.1, 0.15) is 0 Å². The number of para-hydroxylation sites is 1. The molecule has 1 aliphatic heterocycles. The molecule has 4 nitrogen and oxygen atoms in total. The summed E-state index contributed by atoms with van der Waals surface area (Å²) in [4.78, 5) is 18.1. The first-order valence-electron chi connectivity index (χ1n) is 7.72. The maximum atomic E-state index is 13.1. The molecule has 0 radical (unpaired) electrons. The van der Waals surface area contributed by atoms with Crippen LogP contribution < -0.4 is 5.32 Å². The fraction of sp³-hybridized carbons (Fsp3) is 0.412. The maximum absolute atomic E-state index is 13.1. The highest BCUT2D eigenvalue weighted by molar-refractivity contribution is 5.83. The van der Waals surface area contributed by atoms with Crippen molar-refractivity contribution in [1.29, 1.82) is 0 Å². The van der Waals surface area contributed by atoms with Crippen LogP contribution in [0.5, 0.6) is 0 Å². The Balaban J connectivity index is 1.73. The highest BCUT2D eigenvalue weighted by Gasteiger charge is 2.51. The van der Waals surface area contributed by atoms with Gasteiger partial charge in [-0.25, -0.2) is 0 Å². The summed E-state index contributed by atoms with van der Waals surface area (Å²) < 4.78 is 39.3. The number of hydrogen-bond donors (Lipinski definition) is 1. The van der Waals surface area contributed by atoms with Gasteiger partial charge >= 0.3 is 6.18 Å². The lowest BCUT2D eigenvalue weighted by molar-refractivity contribution is -0.183. The number of halogens is 3. The van der Waals surface area contributed by atoms with Gasteiger partial charge in [-0.1, -0.05) is 24.3 Å². The molecule has 1 fully saturated rings. The van der Waals surface area contributed by atoms with Crippen LogP contribution in [0.2, 0.25) is 0 Å². The SMILES string of the molecule is CN1C[C@@H](C(F)(F)F)[C@H](C(=O)NCc2cccc3cccnc23)C1. The summed E-state index contributed by atoms with van der Waals surface area (Å²) in [6, 6.07) is 9.27. The first-order valence-corrected chi connectivity index (χ1v) is 7.72. The Hall–Kier alpha value is -2.15. The zero-order valence-corrected chi connectivity index (χ0v) is 13.2. The molecule has 1 amide bonds. The van der Waals surface area contributed by atoms with E-state index in [1.54, 1.807) is 18.1 Å². The monoisotopic (exact) mass is 337 g/mol. The number of alkyl halides is 3. The smallest absolute Gasteiger partial charge is 0.352 e. The van der Waals surface area contributed by atoms with E-state index in [0.29, 0.717) is 0 Å². The average molecular weight is 337 g/mol. The first-order chi connectivity index (χ1) is 11.4. The molecule has 24 heavy (non-hydrogen) atoms. The molecule has 2 aromatic rings. The van der Waals surface area contributed by atoms with Crippen molar-refractivity contribution in [2.45, 2.75) is 12.7 Å². The lowest BCUT2D eigenvalue weighted by atomic mass is 9.94. The van der Waals surface area contributed by atoms with Gasteiger partial charge in [0.05, 0.1) is 17.4 Å². The van der Waals surface area contributed by atoms with Gasteiger partial charge in [0.2, 0.25) is 5.91 Å². The number of carbonyl (C=O) groups is 1. The molecule has 1 saturated heterocycles. The van der Waals surface area contributed by atoms with Crippen LogP contribution in [-0.4, -0.2) is 42.1 Å². The van der Waals surface area contributed by atoms with Crippen molar-refractivity contribution in [3.05, 3.63) is 42.1 Å². The molecular weight excluding hydrogens is 319 g/mol. The van der Waals surface area contributed by atoms with E-state index in [1.807, 2.05) is 30.3 Å². The van der Waals surface area contributed by atoms with E-state index in [0.717, 1.165) is 16.5 Å². The van der Waals surface area contributed by atoms with Crippen molar-refractivity contribution in [1.82, 2.24) is 15.2 Å². The van der Waals surface area contributed by atoms with Crippen LogP contribution in [0.3, 0.4) is 0 Å². The van der Waals surface area contributed by atoms with Gasteiger partial charge in [0, 0.05) is 31.2 Å². The van der Waals surface area contributed by atoms with Crippen molar-refractivity contribution >= 4 is 16.8 Å². The minimum Gasteiger partial charge on any atom is -0.352 e. The Kier molecular flexibility index (Phi) is 4.45. The average Bonchev–Trinajstić information content (AvgIpc) is 2.95. The van der Waals surface area contributed by atoms with Crippen molar-refractivity contribution in [2.75, 3.05) is 20.1 Å². The third-order valence-corrected chi connectivity index (χ3v) is 4.43. The molecule has 0 saturated carbocycles. The van der Waals surface area contributed by atoms with Crippen LogP contribution in [0, 0.1) is 11.8 Å². The molecule has 128 valence electrons. The molecule has 0 aliphatic carbocycles. The third-order valence-electron chi connectivity index (χ3n) is 4.43. The largest absolute Gasteiger partial charge is 0.393 e. The van der Waals surface area contributed by atoms with E-state index in [1.165, 1.54) is 0 Å². The van der Waals surface area contributed by atoms with Crippen LogP contribution in [0.1, 0.15) is 5.56 Å². The van der Waals surface area contributed by atoms with Gasteiger partial charge in [0.25, 0.3) is 0 Å². The standard InChI is InChI=1S/C17H18F3N3O/c1-23-9-13(14(10-23)17(18,19)20)16(24)22-8-12-5-2-4-11-6-3-7-21-15(11)12/h2-7,13-14H,8-10H2,1H3,(H,22,24)/t13-,14-/m1/s1. The fourth-order valence-electron chi connectivity index (χ4n) is 3.22. The summed E-state index contributed by atoms with van der Waals surface area (Å²) in [5.74, 6) is -3.25. The number of nitrogens with one attached hydrogen (secondary N) is 1. The lowest BCUT2D eigenvalue weighted by Crippen LogP contribution is -2.39. The second kappa shape index (κ2) is 6.39. The van der Waals surface area contributed by atoms with Crippen molar-refractivity contribution < 1.29 is 18.0 Å². The number of benzene rings is 1. The normalized spacial score (nSPS) is 22.0. The second-order valence-corrected chi connectivity index (χ2v) is 6.19. The van der Waals surface area contributed by atoms with Gasteiger partial charge in [-0.2, -0.15) is 13.2 Å². The van der Waals surface area contributed by atoms with Crippen LogP contribution in [0.4, 0.5) is 13.2 Å². The van der Waals surface area contributed by atoms with E-state index >= 15 is 0 Å². The molecule has 0 bridgehead atoms. The molecule has 3 rings (SSSR count). The molecule has 2 heterocycles. The molecule has 0 spiro atoms. The summed E-state index contributed by atoms with van der Waals surface area (Å²) in [5, 5.41) is 3.58. The number of likely N-dealkylation sites (tertiary alicyclic amines) is 1. The summed E-state index contributed by atoms with van der Waals surface area (Å²) in [5.41, 5.74) is 1.53. The summed E-state index contributed by atoms with van der Waals surface area (Å²) in [6.07, 6.45) is -2.72. The predicted molar refractivity (Wildman–Crippen MR) is 84.1 cm³/mol. The molecular formula is C17H18F3N3O. The number of rotatable bonds is 3. The number of carbonyl (C=O) groups excluding carboxylic acids is 1. The summed E-state index contributed by atoms with van der Waals surface area (Å²) in [6.45, 7) is 0.138. The quantitative estimate of drug-likeness (QED) is 0.936. The van der Waals surface area contributed by atoms with Gasteiger partial charge in [-0.3, -0.25) is 9.78 Å². The van der Waals surface area contributed by atoms with Crippen molar-refractivity contribution in [3.63, 3.8) is 0 Å². The Morgan fingerprint density at radius 1 is 1.29 bits per heavy atom. The maximum Gasteiger partial charge on any atom is 0.393 e. The number of nitrogens with zero attached hydrogens (tertiary/aromatic N) is 2. The van der Waals surface area contributed by atoms with Crippen molar-refractivity contribution in [3.8, 4) is 0 Å². The van der Waals surface area contributed by atoms with Gasteiger partial charge < -0.3 is 10.2 Å². The Bertz CT molecular complexity index is 742. The van der Waals surface area contributed by atoms with Crippen molar-refractivity contribution in [2.24, 2.45) is 11.8 Å². The van der Waals surface area contributed by atoms with E-state index in [9.17, 15) is 18.0 Å². The van der Waals surface area contributed by atoms with E-state index in [4.69, 9.17) is 0 Å². The van der Waals surface area contributed by atoms with Crippen LogP contribution in [0.25, 0.3) is 10.9 Å². The number of pyridine rings is 1. The van der Waals surface area contributed by atoms with Gasteiger partial charge in [0.15, 0.2) is 0 Å². The minimum atomic E-state index is -4.37.